The second-order valence-electron chi connectivity index (χ2n) is 4.35. The van der Waals surface area contributed by atoms with E-state index in [9.17, 15) is 9.90 Å². The maximum Gasteiger partial charge on any atom is 0.254 e. The van der Waals surface area contributed by atoms with Gasteiger partial charge in [-0.15, -0.1) is 0 Å². The molecule has 1 aromatic heterocycles. The lowest BCUT2D eigenvalue weighted by atomic mass is 10.2. The maximum absolute atomic E-state index is 12.2. The minimum absolute atomic E-state index is 0.0561. The first-order valence-corrected chi connectivity index (χ1v) is 6.48. The van der Waals surface area contributed by atoms with E-state index >= 15 is 0 Å². The van der Waals surface area contributed by atoms with Gasteiger partial charge in [-0.3, -0.25) is 9.48 Å². The van der Waals surface area contributed by atoms with Crippen molar-refractivity contribution in [2.45, 2.75) is 6.54 Å². The predicted octanol–water partition coefficient (Wildman–Crippen LogP) is 2.16. The van der Waals surface area contributed by atoms with E-state index < -0.39 is 0 Å². The Kier molecular flexibility index (Phi) is 3.90. The van der Waals surface area contributed by atoms with E-state index in [0.29, 0.717) is 16.6 Å². The Morgan fingerprint density at radius 1 is 1.53 bits per heavy atom. The number of hydrogen-bond donors (Lipinski definition) is 1. The van der Waals surface area contributed by atoms with Crippen molar-refractivity contribution in [1.29, 1.82) is 0 Å². The van der Waals surface area contributed by atoms with E-state index in [1.165, 1.54) is 6.07 Å². The fourth-order valence-electron chi connectivity index (χ4n) is 1.77. The summed E-state index contributed by atoms with van der Waals surface area (Å²) >= 11 is 3.19. The van der Waals surface area contributed by atoms with Gasteiger partial charge < -0.3 is 10.0 Å². The largest absolute Gasteiger partial charge is 0.507 e. The molecule has 0 spiro atoms. The van der Waals surface area contributed by atoms with Crippen LogP contribution in [0.3, 0.4) is 0 Å². The first-order chi connectivity index (χ1) is 8.97. The van der Waals surface area contributed by atoms with Gasteiger partial charge in [0.2, 0.25) is 0 Å². The van der Waals surface area contributed by atoms with Gasteiger partial charge in [0.15, 0.2) is 0 Å². The number of aromatic nitrogens is 2. The molecule has 1 amide bonds. The summed E-state index contributed by atoms with van der Waals surface area (Å²) in [6, 6.07) is 4.78. The van der Waals surface area contributed by atoms with E-state index in [1.54, 1.807) is 35.0 Å². The standard InChI is InChI=1S/C13H14BrN3O2/c1-16(7-9-6-15-17(2)8-9)13(19)10-3-4-11(14)12(18)5-10/h3-6,8,18H,7H2,1-2H3. The first-order valence-electron chi connectivity index (χ1n) is 5.69. The van der Waals surface area contributed by atoms with Crippen molar-refractivity contribution in [1.82, 2.24) is 14.7 Å². The molecule has 0 fully saturated rings. The van der Waals surface area contributed by atoms with Crippen LogP contribution in [0.5, 0.6) is 5.75 Å². The summed E-state index contributed by atoms with van der Waals surface area (Å²) in [5.41, 5.74) is 1.41. The van der Waals surface area contributed by atoms with E-state index in [2.05, 4.69) is 21.0 Å². The molecule has 1 aromatic carbocycles. The number of phenols is 1. The van der Waals surface area contributed by atoms with Crippen LogP contribution in [-0.4, -0.2) is 32.7 Å². The fourth-order valence-corrected chi connectivity index (χ4v) is 2.01. The van der Waals surface area contributed by atoms with Crippen molar-refractivity contribution in [3.63, 3.8) is 0 Å². The number of hydrogen-bond acceptors (Lipinski definition) is 3. The minimum atomic E-state index is -0.147. The second-order valence-corrected chi connectivity index (χ2v) is 5.20. The zero-order valence-electron chi connectivity index (χ0n) is 10.7. The Bertz CT molecular complexity index is 610. The number of nitrogens with zero attached hydrogens (tertiary/aromatic N) is 3. The third-order valence-corrected chi connectivity index (χ3v) is 3.39. The summed E-state index contributed by atoms with van der Waals surface area (Å²) < 4.78 is 2.26. The zero-order valence-corrected chi connectivity index (χ0v) is 12.3. The highest BCUT2D eigenvalue weighted by Crippen LogP contribution is 2.24. The molecule has 0 unspecified atom stereocenters. The monoisotopic (exact) mass is 323 g/mol. The smallest absolute Gasteiger partial charge is 0.254 e. The van der Waals surface area contributed by atoms with Crippen molar-refractivity contribution in [3.05, 3.63) is 46.2 Å². The molecule has 100 valence electrons. The summed E-state index contributed by atoms with van der Waals surface area (Å²) in [6.45, 7) is 0.476. The molecule has 0 aliphatic carbocycles. The summed E-state index contributed by atoms with van der Waals surface area (Å²) in [7, 11) is 3.55. The third kappa shape index (κ3) is 3.14. The number of aryl methyl sites for hydroxylation is 1. The van der Waals surface area contributed by atoms with Crippen molar-refractivity contribution in [2.24, 2.45) is 7.05 Å². The molecule has 0 saturated carbocycles. The van der Waals surface area contributed by atoms with Crippen LogP contribution < -0.4 is 0 Å². The molecule has 0 aliphatic rings. The number of phenolic OH excluding ortho intramolecular Hbond substituents is 1. The third-order valence-electron chi connectivity index (χ3n) is 2.72. The van der Waals surface area contributed by atoms with Crippen molar-refractivity contribution >= 4 is 21.8 Å². The number of aromatic hydroxyl groups is 1. The summed E-state index contributed by atoms with van der Waals surface area (Å²) in [5, 5.41) is 13.7. The van der Waals surface area contributed by atoms with Gasteiger partial charge in [-0.05, 0) is 34.1 Å². The predicted molar refractivity (Wildman–Crippen MR) is 74.8 cm³/mol. The van der Waals surface area contributed by atoms with Crippen LogP contribution in [0.1, 0.15) is 15.9 Å². The lowest BCUT2D eigenvalue weighted by Crippen LogP contribution is -2.25. The van der Waals surface area contributed by atoms with Crippen LogP contribution in [0, 0.1) is 0 Å². The molecule has 0 bridgehead atoms. The number of rotatable bonds is 3. The molecule has 2 aromatic rings. The van der Waals surface area contributed by atoms with Crippen LogP contribution in [0.25, 0.3) is 0 Å². The van der Waals surface area contributed by atoms with Gasteiger partial charge in [0.1, 0.15) is 5.75 Å². The lowest BCUT2D eigenvalue weighted by molar-refractivity contribution is 0.0784. The molecular formula is C13H14BrN3O2. The van der Waals surface area contributed by atoms with Crippen LogP contribution in [0.15, 0.2) is 35.1 Å². The molecule has 6 heteroatoms. The van der Waals surface area contributed by atoms with Crippen LogP contribution in [0.4, 0.5) is 0 Å². The molecule has 0 atom stereocenters. The van der Waals surface area contributed by atoms with Gasteiger partial charge in [0, 0.05) is 38.0 Å². The molecule has 0 radical (unpaired) electrons. The number of benzene rings is 1. The highest BCUT2D eigenvalue weighted by Gasteiger charge is 2.14. The van der Waals surface area contributed by atoms with Gasteiger partial charge >= 0.3 is 0 Å². The molecule has 0 aliphatic heterocycles. The van der Waals surface area contributed by atoms with Crippen molar-refractivity contribution in [2.75, 3.05) is 7.05 Å². The summed E-state index contributed by atoms with van der Waals surface area (Å²) in [5.74, 6) is -0.0905. The van der Waals surface area contributed by atoms with E-state index in [0.717, 1.165) is 5.56 Å². The molecular weight excluding hydrogens is 310 g/mol. The topological polar surface area (TPSA) is 58.4 Å². The molecule has 0 saturated heterocycles. The molecule has 5 nitrogen and oxygen atoms in total. The van der Waals surface area contributed by atoms with Crippen molar-refractivity contribution in [3.8, 4) is 5.75 Å². The molecule has 1 N–H and O–H groups in total. The fraction of sp³-hybridized carbons (Fsp3) is 0.231. The normalized spacial score (nSPS) is 10.5. The SMILES string of the molecule is CN(Cc1cnn(C)c1)C(=O)c1ccc(Br)c(O)c1. The zero-order chi connectivity index (χ0) is 14.0. The van der Waals surface area contributed by atoms with E-state index in [-0.39, 0.29) is 11.7 Å². The lowest BCUT2D eigenvalue weighted by Gasteiger charge is -2.16. The average Bonchev–Trinajstić information content (AvgIpc) is 2.77. The van der Waals surface area contributed by atoms with E-state index in [4.69, 9.17) is 0 Å². The van der Waals surface area contributed by atoms with E-state index in [1.807, 2.05) is 13.2 Å². The van der Waals surface area contributed by atoms with Crippen LogP contribution in [0.2, 0.25) is 0 Å². The number of carbonyl (C=O) groups excluding carboxylic acids is 1. The molecule has 2 rings (SSSR count). The quantitative estimate of drug-likeness (QED) is 0.941. The Hall–Kier alpha value is -1.82. The number of amides is 1. The highest BCUT2D eigenvalue weighted by molar-refractivity contribution is 9.10. The van der Waals surface area contributed by atoms with Crippen LogP contribution in [-0.2, 0) is 13.6 Å². The first kappa shape index (κ1) is 13.6. The van der Waals surface area contributed by atoms with Gasteiger partial charge in [0.25, 0.3) is 5.91 Å². The Morgan fingerprint density at radius 3 is 2.84 bits per heavy atom. The summed E-state index contributed by atoms with van der Waals surface area (Å²) in [6.07, 6.45) is 3.59. The summed E-state index contributed by atoms with van der Waals surface area (Å²) in [4.78, 5) is 13.8. The Balaban J connectivity index is 2.12. The Morgan fingerprint density at radius 2 is 2.26 bits per heavy atom. The van der Waals surface area contributed by atoms with Gasteiger partial charge in [0.05, 0.1) is 10.7 Å². The maximum atomic E-state index is 12.2. The molecule has 1 heterocycles. The molecule has 19 heavy (non-hydrogen) atoms. The van der Waals surface area contributed by atoms with Crippen LogP contribution >= 0.6 is 15.9 Å². The van der Waals surface area contributed by atoms with Gasteiger partial charge in [-0.25, -0.2) is 0 Å². The highest BCUT2D eigenvalue weighted by atomic mass is 79.9. The van der Waals surface area contributed by atoms with Gasteiger partial charge in [-0.1, -0.05) is 0 Å². The number of halogens is 1. The second kappa shape index (κ2) is 5.44. The Labute approximate surface area is 119 Å². The number of carbonyl (C=O) groups is 1. The van der Waals surface area contributed by atoms with Gasteiger partial charge in [-0.2, -0.15) is 5.10 Å². The minimum Gasteiger partial charge on any atom is -0.507 e. The average molecular weight is 324 g/mol. The van der Waals surface area contributed by atoms with Crippen molar-refractivity contribution < 1.29 is 9.90 Å².